The van der Waals surface area contributed by atoms with E-state index in [1.54, 1.807) is 46.8 Å². The van der Waals surface area contributed by atoms with Gasteiger partial charge in [-0.3, -0.25) is 15.4 Å². The largest absolute Gasteiger partial charge is 0.443 e. The van der Waals surface area contributed by atoms with Gasteiger partial charge in [-0.15, -0.1) is 0 Å². The predicted octanol–water partition coefficient (Wildman–Crippen LogP) is 4.52. The molecule has 2 heterocycles. The maximum Gasteiger partial charge on any atom is 0.420 e. The molecule has 2 aromatic rings. The number of amides is 1. The summed E-state index contributed by atoms with van der Waals surface area (Å²) < 4.78 is 11.6. The fourth-order valence-electron chi connectivity index (χ4n) is 3.21. The van der Waals surface area contributed by atoms with E-state index in [1.807, 2.05) is 6.07 Å². The summed E-state index contributed by atoms with van der Waals surface area (Å²) in [5, 5.41) is 23.7. The second kappa shape index (κ2) is 6.88. The molecule has 0 saturated heterocycles. The maximum atomic E-state index is 12.8. The second-order valence-corrected chi connectivity index (χ2v) is 8.23. The van der Waals surface area contributed by atoms with Gasteiger partial charge in [0.15, 0.2) is 0 Å². The smallest absolute Gasteiger partial charge is 0.420 e. The van der Waals surface area contributed by atoms with Gasteiger partial charge in [0, 0.05) is 11.1 Å². The Balaban J connectivity index is 2.27. The Hall–Kier alpha value is -3.87. The van der Waals surface area contributed by atoms with Crippen molar-refractivity contribution in [1.82, 2.24) is 4.57 Å². The summed E-state index contributed by atoms with van der Waals surface area (Å²) in [6.07, 6.45) is -1.53. The van der Waals surface area contributed by atoms with E-state index in [-0.39, 0.29) is 11.4 Å². The fraction of sp³-hybridized carbons (Fsp3) is 0.350. The standard InChI is InChI=1S/C20H20N4O6/c1-19(2,3)30-18(26)23-12(10-21)9-15(24(27)28)16(23)11-6-7-14-13(8-11)20(4,5)29-17(25)22-14/h6-9H,1-5H3,(H,22,25). The molecule has 0 unspecified atom stereocenters. The Morgan fingerprint density at radius 1 is 1.33 bits per heavy atom. The van der Waals surface area contributed by atoms with E-state index in [0.717, 1.165) is 10.6 Å². The molecule has 1 N–H and O–H groups in total. The van der Waals surface area contributed by atoms with Crippen molar-refractivity contribution in [2.24, 2.45) is 0 Å². The summed E-state index contributed by atoms with van der Waals surface area (Å²) in [6, 6.07) is 7.50. The van der Waals surface area contributed by atoms with Crippen LogP contribution in [0.3, 0.4) is 0 Å². The van der Waals surface area contributed by atoms with Crippen LogP contribution in [0.4, 0.5) is 21.0 Å². The first-order chi connectivity index (χ1) is 13.8. The van der Waals surface area contributed by atoms with Gasteiger partial charge in [0.1, 0.15) is 28.7 Å². The molecule has 30 heavy (non-hydrogen) atoms. The number of nitrogens with one attached hydrogen (secondary N) is 1. The van der Waals surface area contributed by atoms with Gasteiger partial charge < -0.3 is 9.47 Å². The van der Waals surface area contributed by atoms with Gasteiger partial charge in [-0.2, -0.15) is 5.26 Å². The number of benzene rings is 1. The zero-order valence-corrected chi connectivity index (χ0v) is 17.1. The van der Waals surface area contributed by atoms with Crippen LogP contribution >= 0.6 is 0 Å². The van der Waals surface area contributed by atoms with Crippen molar-refractivity contribution in [3.05, 3.63) is 45.6 Å². The van der Waals surface area contributed by atoms with Crippen LogP contribution in [0.25, 0.3) is 11.3 Å². The number of anilines is 1. The molecule has 3 rings (SSSR count). The molecule has 156 valence electrons. The number of nitrogens with zero attached hydrogens (tertiary/aromatic N) is 3. The lowest BCUT2D eigenvalue weighted by Gasteiger charge is -2.32. The molecule has 1 aromatic heterocycles. The number of carbonyl (C=O) groups is 2. The number of rotatable bonds is 2. The third-order valence-corrected chi connectivity index (χ3v) is 4.39. The number of nitriles is 1. The van der Waals surface area contributed by atoms with Gasteiger partial charge in [-0.1, -0.05) is 6.07 Å². The van der Waals surface area contributed by atoms with Crippen LogP contribution in [0.15, 0.2) is 24.3 Å². The Morgan fingerprint density at radius 3 is 2.57 bits per heavy atom. The van der Waals surface area contributed by atoms with E-state index in [4.69, 9.17) is 9.47 Å². The van der Waals surface area contributed by atoms with E-state index in [0.29, 0.717) is 16.8 Å². The monoisotopic (exact) mass is 412 g/mol. The molecular weight excluding hydrogens is 392 g/mol. The van der Waals surface area contributed by atoms with E-state index < -0.39 is 34.0 Å². The number of fused-ring (bicyclic) bond motifs is 1. The quantitative estimate of drug-likeness (QED) is 0.565. The molecular formula is C20H20N4O6. The third-order valence-electron chi connectivity index (χ3n) is 4.39. The molecule has 0 aliphatic carbocycles. The number of hydrogen-bond donors (Lipinski definition) is 1. The van der Waals surface area contributed by atoms with Crippen LogP contribution in [-0.4, -0.2) is 27.3 Å². The molecule has 1 aliphatic rings. The van der Waals surface area contributed by atoms with Gasteiger partial charge >= 0.3 is 12.2 Å². The van der Waals surface area contributed by atoms with Crippen molar-refractivity contribution in [2.75, 3.05) is 5.32 Å². The molecule has 0 bridgehead atoms. The SMILES string of the molecule is CC(C)(C)OC(=O)n1c(C#N)cc([N+](=O)[O-])c1-c1ccc2c(c1)C(C)(C)OC(=O)N2. The lowest BCUT2D eigenvalue weighted by atomic mass is 9.92. The average molecular weight is 412 g/mol. The summed E-state index contributed by atoms with van der Waals surface area (Å²) in [7, 11) is 0. The van der Waals surface area contributed by atoms with Crippen LogP contribution in [0.1, 0.15) is 45.9 Å². The minimum atomic E-state index is -1.01. The molecule has 1 amide bonds. The normalized spacial score (nSPS) is 14.7. The van der Waals surface area contributed by atoms with Crippen LogP contribution in [0, 0.1) is 21.4 Å². The first-order valence-electron chi connectivity index (χ1n) is 9.02. The van der Waals surface area contributed by atoms with Crippen LogP contribution in [0.5, 0.6) is 0 Å². The van der Waals surface area contributed by atoms with Gasteiger partial charge in [0.25, 0.3) is 5.69 Å². The molecule has 0 saturated carbocycles. The topological polar surface area (TPSA) is 136 Å². The number of carbonyl (C=O) groups excluding carboxylic acids is 2. The predicted molar refractivity (Wildman–Crippen MR) is 106 cm³/mol. The fourth-order valence-corrected chi connectivity index (χ4v) is 3.21. The van der Waals surface area contributed by atoms with E-state index >= 15 is 0 Å². The highest BCUT2D eigenvalue weighted by atomic mass is 16.6. The molecule has 0 atom stereocenters. The van der Waals surface area contributed by atoms with Crippen LogP contribution in [0.2, 0.25) is 0 Å². The maximum absolute atomic E-state index is 12.8. The number of hydrogen-bond acceptors (Lipinski definition) is 7. The van der Waals surface area contributed by atoms with E-state index in [2.05, 4.69) is 5.32 Å². The molecule has 0 radical (unpaired) electrons. The minimum Gasteiger partial charge on any atom is -0.443 e. The summed E-state index contributed by atoms with van der Waals surface area (Å²) in [5.41, 5.74) is -1.30. The average Bonchev–Trinajstić information content (AvgIpc) is 2.99. The zero-order valence-electron chi connectivity index (χ0n) is 17.1. The number of ether oxygens (including phenoxy) is 2. The Bertz CT molecular complexity index is 1120. The molecule has 10 heteroatoms. The Morgan fingerprint density at radius 2 is 2.00 bits per heavy atom. The lowest BCUT2D eigenvalue weighted by molar-refractivity contribution is -0.384. The zero-order chi connectivity index (χ0) is 22.4. The van der Waals surface area contributed by atoms with Crippen molar-refractivity contribution in [2.45, 2.75) is 45.8 Å². The van der Waals surface area contributed by atoms with E-state index in [9.17, 15) is 25.0 Å². The minimum absolute atomic E-state index is 0.0960. The van der Waals surface area contributed by atoms with Gasteiger partial charge in [-0.25, -0.2) is 14.2 Å². The van der Waals surface area contributed by atoms with Gasteiger partial charge in [0.05, 0.1) is 16.7 Å². The number of nitro groups is 1. The van der Waals surface area contributed by atoms with E-state index in [1.165, 1.54) is 6.07 Å². The Labute approximate surface area is 172 Å². The lowest BCUT2D eigenvalue weighted by Crippen LogP contribution is -2.34. The van der Waals surface area contributed by atoms with Crippen molar-refractivity contribution in [3.8, 4) is 17.3 Å². The van der Waals surface area contributed by atoms with Crippen molar-refractivity contribution in [3.63, 3.8) is 0 Å². The van der Waals surface area contributed by atoms with Crippen molar-refractivity contribution in [1.29, 1.82) is 5.26 Å². The molecule has 10 nitrogen and oxygen atoms in total. The first-order valence-corrected chi connectivity index (χ1v) is 9.02. The summed E-state index contributed by atoms with van der Waals surface area (Å²) >= 11 is 0. The highest BCUT2D eigenvalue weighted by molar-refractivity contribution is 5.91. The summed E-state index contributed by atoms with van der Waals surface area (Å²) in [6.45, 7) is 8.30. The molecule has 0 fully saturated rings. The molecule has 0 spiro atoms. The van der Waals surface area contributed by atoms with Crippen molar-refractivity contribution >= 4 is 23.6 Å². The molecule has 1 aliphatic heterocycles. The second-order valence-electron chi connectivity index (χ2n) is 8.23. The highest BCUT2D eigenvalue weighted by Crippen LogP contribution is 2.41. The van der Waals surface area contributed by atoms with Gasteiger partial charge in [-0.05, 0) is 46.8 Å². The van der Waals surface area contributed by atoms with Gasteiger partial charge in [0.2, 0.25) is 0 Å². The number of cyclic esters (lactones) is 1. The highest BCUT2D eigenvalue weighted by Gasteiger charge is 2.36. The Kier molecular flexibility index (Phi) is 4.78. The van der Waals surface area contributed by atoms with Crippen molar-refractivity contribution < 1.29 is 24.0 Å². The van der Waals surface area contributed by atoms with Crippen LogP contribution in [-0.2, 0) is 15.1 Å². The number of aromatic nitrogens is 1. The summed E-state index contributed by atoms with van der Waals surface area (Å²) in [5.74, 6) is 0. The third kappa shape index (κ3) is 3.69. The first kappa shape index (κ1) is 20.9. The molecule has 1 aromatic carbocycles. The summed E-state index contributed by atoms with van der Waals surface area (Å²) in [4.78, 5) is 35.6. The van der Waals surface area contributed by atoms with Crippen LogP contribution < -0.4 is 5.32 Å².